The molecule has 2 N–H and O–H groups in total. The van der Waals surface area contributed by atoms with Crippen molar-refractivity contribution in [2.45, 2.75) is 32.6 Å². The SMILES string of the molecule is CCCCCOc1cc(/C=C/C(=O)NCCc2ccc(O)cc2)ccc1OC. The summed E-state index contributed by atoms with van der Waals surface area (Å²) in [5.74, 6) is 1.46. The molecule has 2 rings (SSSR count). The Kier molecular flexibility index (Phi) is 8.92. The molecule has 2 aromatic carbocycles. The molecular formula is C23H29NO4. The molecule has 5 heteroatoms. The first-order chi connectivity index (χ1) is 13.6. The minimum atomic E-state index is -0.153. The van der Waals surface area contributed by atoms with E-state index in [9.17, 15) is 9.90 Å². The van der Waals surface area contributed by atoms with E-state index in [0.717, 1.165) is 30.4 Å². The van der Waals surface area contributed by atoms with Gasteiger partial charge in [-0.2, -0.15) is 0 Å². The molecule has 2 aromatic rings. The van der Waals surface area contributed by atoms with Gasteiger partial charge in [-0.15, -0.1) is 0 Å². The first kappa shape index (κ1) is 21.4. The lowest BCUT2D eigenvalue weighted by Gasteiger charge is -2.11. The highest BCUT2D eigenvalue weighted by Gasteiger charge is 2.05. The summed E-state index contributed by atoms with van der Waals surface area (Å²) in [5, 5.41) is 12.1. The lowest BCUT2D eigenvalue weighted by atomic mass is 10.1. The average molecular weight is 383 g/mol. The fraction of sp³-hybridized carbons (Fsp3) is 0.348. The second kappa shape index (κ2) is 11.7. The van der Waals surface area contributed by atoms with Crippen LogP contribution in [0, 0.1) is 0 Å². The van der Waals surface area contributed by atoms with Crippen molar-refractivity contribution in [2.75, 3.05) is 20.3 Å². The summed E-state index contributed by atoms with van der Waals surface area (Å²) in [6.45, 7) is 3.33. The Hall–Kier alpha value is -2.95. The van der Waals surface area contributed by atoms with Gasteiger partial charge < -0.3 is 19.9 Å². The summed E-state index contributed by atoms with van der Waals surface area (Å²) in [4.78, 5) is 12.0. The number of rotatable bonds is 11. The lowest BCUT2D eigenvalue weighted by molar-refractivity contribution is -0.116. The molecule has 5 nitrogen and oxygen atoms in total. The Morgan fingerprint density at radius 1 is 1.11 bits per heavy atom. The largest absolute Gasteiger partial charge is 0.508 e. The number of nitrogens with one attached hydrogen (secondary N) is 1. The third-order valence-corrected chi connectivity index (χ3v) is 4.27. The van der Waals surface area contributed by atoms with Gasteiger partial charge in [-0.25, -0.2) is 0 Å². The van der Waals surface area contributed by atoms with Crippen molar-refractivity contribution in [2.24, 2.45) is 0 Å². The number of methoxy groups -OCH3 is 1. The van der Waals surface area contributed by atoms with E-state index in [-0.39, 0.29) is 11.7 Å². The van der Waals surface area contributed by atoms with Crippen molar-refractivity contribution in [1.29, 1.82) is 0 Å². The molecule has 0 aromatic heterocycles. The van der Waals surface area contributed by atoms with Crippen LogP contribution in [0.2, 0.25) is 0 Å². The molecule has 28 heavy (non-hydrogen) atoms. The van der Waals surface area contributed by atoms with Crippen LogP contribution in [0.1, 0.15) is 37.3 Å². The zero-order valence-corrected chi connectivity index (χ0v) is 16.6. The van der Waals surface area contributed by atoms with E-state index < -0.39 is 0 Å². The van der Waals surface area contributed by atoms with Gasteiger partial charge in [0.05, 0.1) is 13.7 Å². The summed E-state index contributed by atoms with van der Waals surface area (Å²) in [6, 6.07) is 12.6. The van der Waals surface area contributed by atoms with Gasteiger partial charge in [-0.05, 0) is 54.3 Å². The van der Waals surface area contributed by atoms with Crippen LogP contribution in [-0.2, 0) is 11.2 Å². The van der Waals surface area contributed by atoms with Gasteiger partial charge in [0.25, 0.3) is 0 Å². The van der Waals surface area contributed by atoms with Gasteiger partial charge in [0, 0.05) is 12.6 Å². The van der Waals surface area contributed by atoms with E-state index in [2.05, 4.69) is 12.2 Å². The Labute approximate surface area is 167 Å². The van der Waals surface area contributed by atoms with E-state index in [0.29, 0.717) is 31.1 Å². The van der Waals surface area contributed by atoms with Crippen molar-refractivity contribution in [3.63, 3.8) is 0 Å². The molecule has 0 bridgehead atoms. The number of carbonyl (C=O) groups is 1. The standard InChI is InChI=1S/C23H29NO4/c1-3-4-5-16-28-22-17-19(8-12-21(22)27-2)9-13-23(26)24-15-14-18-6-10-20(25)11-7-18/h6-13,17,25H,3-5,14-16H2,1-2H3,(H,24,26)/b13-9+. The number of carbonyl (C=O) groups excluding carboxylic acids is 1. The lowest BCUT2D eigenvalue weighted by Crippen LogP contribution is -2.23. The molecule has 0 aliphatic rings. The average Bonchev–Trinajstić information content (AvgIpc) is 2.71. The van der Waals surface area contributed by atoms with Crippen LogP contribution in [0.25, 0.3) is 6.08 Å². The van der Waals surface area contributed by atoms with Crippen molar-refractivity contribution >= 4 is 12.0 Å². The highest BCUT2D eigenvalue weighted by Crippen LogP contribution is 2.28. The Bertz CT molecular complexity index is 769. The van der Waals surface area contributed by atoms with E-state index in [1.807, 2.05) is 30.3 Å². The Morgan fingerprint density at radius 2 is 1.89 bits per heavy atom. The van der Waals surface area contributed by atoms with E-state index in [1.165, 1.54) is 6.08 Å². The normalized spacial score (nSPS) is 10.8. The highest BCUT2D eigenvalue weighted by molar-refractivity contribution is 5.91. The molecule has 0 radical (unpaired) electrons. The third kappa shape index (κ3) is 7.35. The minimum Gasteiger partial charge on any atom is -0.508 e. The van der Waals surface area contributed by atoms with Gasteiger partial charge in [-0.3, -0.25) is 4.79 Å². The molecule has 0 aliphatic heterocycles. The van der Waals surface area contributed by atoms with Crippen LogP contribution < -0.4 is 14.8 Å². The second-order valence-electron chi connectivity index (χ2n) is 6.51. The number of phenols is 1. The maximum Gasteiger partial charge on any atom is 0.244 e. The molecule has 0 aliphatic carbocycles. The molecule has 0 atom stereocenters. The summed E-state index contributed by atoms with van der Waals surface area (Å²) < 4.78 is 11.2. The summed E-state index contributed by atoms with van der Waals surface area (Å²) in [7, 11) is 1.62. The molecule has 0 saturated carbocycles. The quantitative estimate of drug-likeness (QED) is 0.447. The van der Waals surface area contributed by atoms with Crippen LogP contribution in [0.4, 0.5) is 0 Å². The first-order valence-electron chi connectivity index (χ1n) is 9.67. The number of phenolic OH excluding ortho intramolecular Hbond substituents is 1. The Morgan fingerprint density at radius 3 is 2.61 bits per heavy atom. The van der Waals surface area contributed by atoms with Gasteiger partial charge in [-0.1, -0.05) is 38.0 Å². The molecule has 0 fully saturated rings. The predicted octanol–water partition coefficient (Wildman–Crippen LogP) is 4.34. The number of aromatic hydroxyl groups is 1. The van der Waals surface area contributed by atoms with E-state index in [4.69, 9.17) is 9.47 Å². The van der Waals surface area contributed by atoms with Crippen LogP contribution in [0.3, 0.4) is 0 Å². The topological polar surface area (TPSA) is 67.8 Å². The molecule has 0 saturated heterocycles. The maximum atomic E-state index is 12.0. The Balaban J connectivity index is 1.85. The van der Waals surface area contributed by atoms with Crippen molar-refractivity contribution in [3.8, 4) is 17.2 Å². The smallest absolute Gasteiger partial charge is 0.244 e. The van der Waals surface area contributed by atoms with Crippen molar-refractivity contribution < 1.29 is 19.4 Å². The molecule has 1 amide bonds. The van der Waals surface area contributed by atoms with Gasteiger partial charge >= 0.3 is 0 Å². The molecule has 0 heterocycles. The van der Waals surface area contributed by atoms with Crippen molar-refractivity contribution in [3.05, 3.63) is 59.7 Å². The first-order valence-corrected chi connectivity index (χ1v) is 9.67. The zero-order valence-electron chi connectivity index (χ0n) is 16.6. The second-order valence-corrected chi connectivity index (χ2v) is 6.51. The molecule has 150 valence electrons. The maximum absolute atomic E-state index is 12.0. The number of benzene rings is 2. The zero-order chi connectivity index (χ0) is 20.2. The molecule has 0 unspecified atom stereocenters. The monoisotopic (exact) mass is 383 g/mol. The van der Waals surface area contributed by atoms with Gasteiger partial charge in [0.15, 0.2) is 11.5 Å². The third-order valence-electron chi connectivity index (χ3n) is 4.27. The van der Waals surface area contributed by atoms with Crippen LogP contribution in [0.5, 0.6) is 17.2 Å². The van der Waals surface area contributed by atoms with Crippen LogP contribution in [-0.4, -0.2) is 31.3 Å². The van der Waals surface area contributed by atoms with Gasteiger partial charge in [0.1, 0.15) is 5.75 Å². The fourth-order valence-electron chi connectivity index (χ4n) is 2.67. The number of unbranched alkanes of at least 4 members (excludes halogenated alkanes) is 2. The molecular weight excluding hydrogens is 354 g/mol. The number of ether oxygens (including phenoxy) is 2. The van der Waals surface area contributed by atoms with E-state index >= 15 is 0 Å². The highest BCUT2D eigenvalue weighted by atomic mass is 16.5. The number of amides is 1. The molecule has 0 spiro atoms. The summed E-state index contributed by atoms with van der Waals surface area (Å²) in [6.07, 6.45) is 7.26. The van der Waals surface area contributed by atoms with Crippen molar-refractivity contribution in [1.82, 2.24) is 5.32 Å². The van der Waals surface area contributed by atoms with E-state index in [1.54, 1.807) is 25.3 Å². The fourth-order valence-corrected chi connectivity index (χ4v) is 2.67. The number of hydrogen-bond acceptors (Lipinski definition) is 4. The van der Waals surface area contributed by atoms with Crippen LogP contribution >= 0.6 is 0 Å². The minimum absolute atomic E-state index is 0.153. The summed E-state index contributed by atoms with van der Waals surface area (Å²) in [5.41, 5.74) is 1.93. The van der Waals surface area contributed by atoms with Gasteiger partial charge in [0.2, 0.25) is 5.91 Å². The predicted molar refractivity (Wildman–Crippen MR) is 112 cm³/mol. The van der Waals surface area contributed by atoms with Crippen LogP contribution in [0.15, 0.2) is 48.5 Å². The number of hydrogen-bond donors (Lipinski definition) is 2. The summed E-state index contributed by atoms with van der Waals surface area (Å²) >= 11 is 0.